The lowest BCUT2D eigenvalue weighted by atomic mass is 10.0. The Morgan fingerprint density at radius 1 is 1.00 bits per heavy atom. The van der Waals surface area contributed by atoms with Crippen molar-refractivity contribution in [2.45, 2.75) is 46.3 Å². The second kappa shape index (κ2) is 8.74. The highest BCUT2D eigenvalue weighted by molar-refractivity contribution is 8.18. The van der Waals surface area contributed by atoms with E-state index in [0.717, 1.165) is 5.75 Å². The van der Waals surface area contributed by atoms with Gasteiger partial charge in [-0.25, -0.2) is 0 Å². The number of ether oxygens (including phenoxy) is 1. The summed E-state index contributed by atoms with van der Waals surface area (Å²) in [5, 5.41) is 0.628. The van der Waals surface area contributed by atoms with E-state index in [1.165, 1.54) is 42.6 Å². The van der Waals surface area contributed by atoms with E-state index in [4.69, 9.17) is 11.2 Å². The van der Waals surface area contributed by atoms with Crippen molar-refractivity contribution in [3.05, 3.63) is 60.2 Å². The SMILES string of the molecule is C#CC(Sc1ccccc1)(SC1CCCCC1)c1ccc(OC)cc1. The third-order valence-electron chi connectivity index (χ3n) is 4.55. The molecule has 3 rings (SSSR count). The van der Waals surface area contributed by atoms with Gasteiger partial charge in [-0.3, -0.25) is 0 Å². The van der Waals surface area contributed by atoms with Gasteiger partial charge < -0.3 is 4.74 Å². The van der Waals surface area contributed by atoms with Crippen LogP contribution in [0.25, 0.3) is 0 Å². The Morgan fingerprint density at radius 2 is 1.68 bits per heavy atom. The molecule has 1 saturated carbocycles. The van der Waals surface area contributed by atoms with Gasteiger partial charge in [-0.15, -0.1) is 18.2 Å². The molecule has 0 amide bonds. The van der Waals surface area contributed by atoms with Gasteiger partial charge >= 0.3 is 0 Å². The number of benzene rings is 2. The van der Waals surface area contributed by atoms with E-state index in [2.05, 4.69) is 42.3 Å². The molecule has 2 aromatic rings. The molecule has 1 aliphatic carbocycles. The first-order valence-corrected chi connectivity index (χ1v) is 10.5. The zero-order valence-corrected chi connectivity index (χ0v) is 16.2. The third kappa shape index (κ3) is 4.57. The van der Waals surface area contributed by atoms with E-state index >= 15 is 0 Å². The number of rotatable bonds is 6. The van der Waals surface area contributed by atoms with Crippen LogP contribution >= 0.6 is 23.5 Å². The monoisotopic (exact) mass is 368 g/mol. The van der Waals surface area contributed by atoms with E-state index in [-0.39, 0.29) is 0 Å². The predicted molar refractivity (Wildman–Crippen MR) is 110 cm³/mol. The van der Waals surface area contributed by atoms with E-state index < -0.39 is 4.08 Å². The van der Waals surface area contributed by atoms with Gasteiger partial charge in [0.1, 0.15) is 5.75 Å². The summed E-state index contributed by atoms with van der Waals surface area (Å²) < 4.78 is 4.91. The smallest absolute Gasteiger partial charge is 0.152 e. The molecule has 1 nitrogen and oxygen atoms in total. The molecule has 0 heterocycles. The summed E-state index contributed by atoms with van der Waals surface area (Å²) in [5.74, 6) is 4.01. The molecular formula is C22H24OS2. The van der Waals surface area contributed by atoms with Crippen LogP contribution in [-0.4, -0.2) is 12.4 Å². The Kier molecular flexibility index (Phi) is 6.39. The minimum absolute atomic E-state index is 0.407. The minimum Gasteiger partial charge on any atom is -0.497 e. The normalized spacial score (nSPS) is 17.4. The first-order chi connectivity index (χ1) is 12.3. The van der Waals surface area contributed by atoms with Gasteiger partial charge in [-0.05, 0) is 42.7 Å². The maximum atomic E-state index is 6.15. The maximum absolute atomic E-state index is 6.15. The number of thioether (sulfide) groups is 2. The van der Waals surface area contributed by atoms with Crippen LogP contribution in [0.4, 0.5) is 0 Å². The second-order valence-corrected chi connectivity index (χ2v) is 9.34. The van der Waals surface area contributed by atoms with E-state index in [1.807, 2.05) is 30.0 Å². The molecule has 2 aromatic carbocycles. The van der Waals surface area contributed by atoms with Gasteiger partial charge in [0.25, 0.3) is 0 Å². The highest BCUT2D eigenvalue weighted by Crippen LogP contribution is 2.53. The van der Waals surface area contributed by atoms with Crippen molar-refractivity contribution in [3.8, 4) is 18.1 Å². The molecule has 25 heavy (non-hydrogen) atoms. The fourth-order valence-electron chi connectivity index (χ4n) is 3.18. The Hall–Kier alpha value is -1.50. The van der Waals surface area contributed by atoms with E-state index in [1.54, 1.807) is 18.9 Å². The predicted octanol–water partition coefficient (Wildman–Crippen LogP) is 6.34. The van der Waals surface area contributed by atoms with Crippen molar-refractivity contribution in [1.82, 2.24) is 0 Å². The molecule has 0 aromatic heterocycles. The lowest BCUT2D eigenvalue weighted by Crippen LogP contribution is -2.21. The van der Waals surface area contributed by atoms with Crippen LogP contribution in [0.15, 0.2) is 59.5 Å². The molecular weight excluding hydrogens is 344 g/mol. The van der Waals surface area contributed by atoms with Crippen LogP contribution in [0.2, 0.25) is 0 Å². The highest BCUT2D eigenvalue weighted by Gasteiger charge is 2.35. The van der Waals surface area contributed by atoms with Crippen molar-refractivity contribution in [2.75, 3.05) is 7.11 Å². The van der Waals surface area contributed by atoms with Crippen LogP contribution < -0.4 is 4.74 Å². The lowest BCUT2D eigenvalue weighted by Gasteiger charge is -2.33. The summed E-state index contributed by atoms with van der Waals surface area (Å²) >= 11 is 3.74. The van der Waals surface area contributed by atoms with Crippen molar-refractivity contribution >= 4 is 23.5 Å². The van der Waals surface area contributed by atoms with Crippen molar-refractivity contribution in [2.24, 2.45) is 0 Å². The summed E-state index contributed by atoms with van der Waals surface area (Å²) in [4.78, 5) is 1.21. The van der Waals surface area contributed by atoms with Crippen LogP contribution in [0, 0.1) is 12.3 Å². The Labute approximate surface area is 159 Å². The molecule has 1 atom stereocenters. The summed E-state index contributed by atoms with van der Waals surface area (Å²) in [5.41, 5.74) is 1.17. The summed E-state index contributed by atoms with van der Waals surface area (Å²) in [6.45, 7) is 0. The molecule has 0 saturated heterocycles. The Bertz CT molecular complexity index is 699. The van der Waals surface area contributed by atoms with Gasteiger partial charge in [0.2, 0.25) is 0 Å². The summed E-state index contributed by atoms with van der Waals surface area (Å²) in [6, 6.07) is 18.7. The third-order valence-corrected chi connectivity index (χ3v) is 7.73. The van der Waals surface area contributed by atoms with E-state index in [9.17, 15) is 0 Å². The Balaban J connectivity index is 1.93. The number of terminal acetylenes is 1. The Morgan fingerprint density at radius 3 is 2.28 bits per heavy atom. The molecule has 1 unspecified atom stereocenters. The first-order valence-electron chi connectivity index (χ1n) is 8.80. The fraction of sp³-hybridized carbons (Fsp3) is 0.364. The summed E-state index contributed by atoms with van der Waals surface area (Å²) in [6.07, 6.45) is 12.7. The zero-order valence-electron chi connectivity index (χ0n) is 14.6. The topological polar surface area (TPSA) is 9.23 Å². The van der Waals surface area contributed by atoms with Gasteiger partial charge in [-0.1, -0.05) is 67.3 Å². The number of hydrogen-bond donors (Lipinski definition) is 0. The minimum atomic E-state index is -0.407. The molecule has 130 valence electrons. The van der Waals surface area contributed by atoms with E-state index in [0.29, 0.717) is 5.25 Å². The molecule has 0 spiro atoms. The summed E-state index contributed by atoms with van der Waals surface area (Å²) in [7, 11) is 1.69. The second-order valence-electron chi connectivity index (χ2n) is 6.28. The van der Waals surface area contributed by atoms with Crippen molar-refractivity contribution in [1.29, 1.82) is 0 Å². The largest absolute Gasteiger partial charge is 0.497 e. The average Bonchev–Trinajstić information content (AvgIpc) is 2.69. The quantitative estimate of drug-likeness (QED) is 0.334. The first kappa shape index (κ1) is 18.3. The van der Waals surface area contributed by atoms with Crippen molar-refractivity contribution < 1.29 is 4.74 Å². The van der Waals surface area contributed by atoms with Gasteiger partial charge in [0, 0.05) is 10.1 Å². The molecule has 0 radical (unpaired) electrons. The van der Waals surface area contributed by atoms with Crippen LogP contribution in [-0.2, 0) is 4.08 Å². The molecule has 0 aliphatic heterocycles. The average molecular weight is 369 g/mol. The van der Waals surface area contributed by atoms with Gasteiger partial charge in [0.15, 0.2) is 4.08 Å². The van der Waals surface area contributed by atoms with Gasteiger partial charge in [-0.2, -0.15) is 0 Å². The maximum Gasteiger partial charge on any atom is 0.152 e. The van der Waals surface area contributed by atoms with Crippen LogP contribution in [0.1, 0.15) is 37.7 Å². The molecule has 1 aliphatic rings. The zero-order chi connectivity index (χ0) is 17.5. The van der Waals surface area contributed by atoms with Gasteiger partial charge in [0.05, 0.1) is 7.11 Å². The number of methoxy groups -OCH3 is 1. The molecule has 0 bridgehead atoms. The molecule has 1 fully saturated rings. The highest BCUT2D eigenvalue weighted by atomic mass is 32.2. The molecule has 0 N–H and O–H groups in total. The van der Waals surface area contributed by atoms with Crippen LogP contribution in [0.3, 0.4) is 0 Å². The lowest BCUT2D eigenvalue weighted by molar-refractivity contribution is 0.414. The van der Waals surface area contributed by atoms with Crippen molar-refractivity contribution in [3.63, 3.8) is 0 Å². The standard InChI is InChI=1S/C22H24OS2/c1-3-22(24-20-10-6-4-7-11-20,25-21-12-8-5-9-13-21)18-14-16-19(23-2)17-15-18/h1,4,6-7,10-11,14-17,21H,5,8-9,12-13H2,2H3. The van der Waals surface area contributed by atoms with Crippen LogP contribution in [0.5, 0.6) is 5.75 Å². The number of hydrogen-bond acceptors (Lipinski definition) is 3. The molecule has 3 heteroatoms. The fourth-order valence-corrected chi connectivity index (χ4v) is 6.39.